The number of aromatic nitrogens is 1. The van der Waals surface area contributed by atoms with Crippen LogP contribution in [0.15, 0.2) is 36.5 Å². The minimum Gasteiger partial charge on any atom is -0.437 e. The van der Waals surface area contributed by atoms with Crippen LogP contribution in [0.2, 0.25) is 5.02 Å². The summed E-state index contributed by atoms with van der Waals surface area (Å²) in [5.41, 5.74) is 5.07. The quantitative estimate of drug-likeness (QED) is 0.845. The van der Waals surface area contributed by atoms with Crippen molar-refractivity contribution in [3.8, 4) is 11.6 Å². The lowest BCUT2D eigenvalue weighted by molar-refractivity contribution is -0.137. The largest absolute Gasteiger partial charge is 0.437 e. The maximum atomic E-state index is 12.5. The molecule has 0 saturated heterocycles. The minimum atomic E-state index is -4.46. The van der Waals surface area contributed by atoms with Gasteiger partial charge in [-0.1, -0.05) is 11.6 Å². The summed E-state index contributed by atoms with van der Waals surface area (Å²) >= 11 is 5.85. The van der Waals surface area contributed by atoms with E-state index in [1.165, 1.54) is 12.1 Å². The summed E-state index contributed by atoms with van der Waals surface area (Å²) in [6.45, 7) is 0. The molecule has 2 rings (SSSR count). The van der Waals surface area contributed by atoms with Crippen LogP contribution in [0.5, 0.6) is 11.6 Å². The van der Waals surface area contributed by atoms with Crippen LogP contribution in [0.1, 0.15) is 5.56 Å². The standard InChI is InChI=1S/C12H8ClF3N2O/c13-9-2-1-8(17)6-10(9)19-11-5-7(3-4-18-11)12(14,15)16/h1-6H,17H2. The van der Waals surface area contributed by atoms with Gasteiger partial charge in [-0.3, -0.25) is 0 Å². The molecule has 0 aliphatic heterocycles. The van der Waals surface area contributed by atoms with Crippen LogP contribution in [-0.2, 0) is 6.18 Å². The van der Waals surface area contributed by atoms with Crippen molar-refractivity contribution in [2.24, 2.45) is 0 Å². The van der Waals surface area contributed by atoms with E-state index < -0.39 is 11.7 Å². The first-order chi connectivity index (χ1) is 8.86. The molecular formula is C12H8ClF3N2O. The highest BCUT2D eigenvalue weighted by Crippen LogP contribution is 2.34. The molecule has 2 aromatic rings. The maximum Gasteiger partial charge on any atom is 0.416 e. The molecule has 2 N–H and O–H groups in total. The molecule has 0 saturated carbocycles. The fourth-order valence-corrected chi connectivity index (χ4v) is 1.51. The van der Waals surface area contributed by atoms with E-state index in [0.29, 0.717) is 5.69 Å². The number of ether oxygens (including phenoxy) is 1. The monoisotopic (exact) mass is 288 g/mol. The predicted molar refractivity (Wildman–Crippen MR) is 65.2 cm³/mol. The summed E-state index contributed by atoms with van der Waals surface area (Å²) in [7, 11) is 0. The SMILES string of the molecule is Nc1ccc(Cl)c(Oc2cc(C(F)(F)F)ccn2)c1. The van der Waals surface area contributed by atoms with Gasteiger partial charge in [0.2, 0.25) is 5.88 Å². The van der Waals surface area contributed by atoms with Gasteiger partial charge in [0, 0.05) is 24.0 Å². The summed E-state index contributed by atoms with van der Waals surface area (Å²) in [5, 5.41) is 0.230. The lowest BCUT2D eigenvalue weighted by atomic mass is 10.2. The topological polar surface area (TPSA) is 48.1 Å². The molecule has 3 nitrogen and oxygen atoms in total. The molecule has 0 fully saturated rings. The molecular weight excluding hydrogens is 281 g/mol. The third-order valence-corrected chi connectivity index (χ3v) is 2.54. The van der Waals surface area contributed by atoms with Crippen molar-refractivity contribution < 1.29 is 17.9 Å². The van der Waals surface area contributed by atoms with Gasteiger partial charge < -0.3 is 10.5 Å². The molecule has 100 valence electrons. The van der Waals surface area contributed by atoms with Gasteiger partial charge in [0.25, 0.3) is 0 Å². The van der Waals surface area contributed by atoms with E-state index >= 15 is 0 Å². The molecule has 0 aliphatic rings. The lowest BCUT2D eigenvalue weighted by Gasteiger charge is -2.10. The highest BCUT2D eigenvalue weighted by molar-refractivity contribution is 6.32. The smallest absolute Gasteiger partial charge is 0.416 e. The highest BCUT2D eigenvalue weighted by atomic mass is 35.5. The zero-order valence-electron chi connectivity index (χ0n) is 9.41. The van der Waals surface area contributed by atoms with Gasteiger partial charge in [-0.15, -0.1) is 0 Å². The molecule has 0 atom stereocenters. The van der Waals surface area contributed by atoms with Crippen molar-refractivity contribution in [1.82, 2.24) is 4.98 Å². The Labute approximate surface area is 111 Å². The highest BCUT2D eigenvalue weighted by Gasteiger charge is 2.31. The molecule has 0 radical (unpaired) electrons. The van der Waals surface area contributed by atoms with Gasteiger partial charge in [-0.2, -0.15) is 13.2 Å². The summed E-state index contributed by atoms with van der Waals surface area (Å²) in [6.07, 6.45) is -3.45. The van der Waals surface area contributed by atoms with E-state index in [4.69, 9.17) is 22.1 Å². The number of anilines is 1. The first-order valence-corrected chi connectivity index (χ1v) is 5.50. The van der Waals surface area contributed by atoms with Crippen molar-refractivity contribution >= 4 is 17.3 Å². The number of nitrogens with zero attached hydrogens (tertiary/aromatic N) is 1. The van der Waals surface area contributed by atoms with E-state index in [1.807, 2.05) is 0 Å². The van der Waals surface area contributed by atoms with Crippen molar-refractivity contribution in [2.45, 2.75) is 6.18 Å². The third kappa shape index (κ3) is 3.29. The number of alkyl halides is 3. The molecule has 0 spiro atoms. The number of nitrogens with two attached hydrogens (primary N) is 1. The minimum absolute atomic E-state index is 0.147. The second kappa shape index (κ2) is 4.97. The van der Waals surface area contributed by atoms with Crippen molar-refractivity contribution in [3.63, 3.8) is 0 Å². The van der Waals surface area contributed by atoms with Crippen LogP contribution in [0.4, 0.5) is 18.9 Å². The van der Waals surface area contributed by atoms with Crippen molar-refractivity contribution in [3.05, 3.63) is 47.1 Å². The summed E-state index contributed by atoms with van der Waals surface area (Å²) in [6, 6.07) is 6.09. The van der Waals surface area contributed by atoms with E-state index in [2.05, 4.69) is 4.98 Å². The number of benzene rings is 1. The second-order valence-corrected chi connectivity index (χ2v) is 4.08. The Kier molecular flexibility index (Phi) is 3.53. The fourth-order valence-electron chi connectivity index (χ4n) is 1.35. The lowest BCUT2D eigenvalue weighted by Crippen LogP contribution is -2.05. The summed E-state index contributed by atoms with van der Waals surface area (Å²) in [4.78, 5) is 3.70. The number of nitrogen functional groups attached to an aromatic ring is 1. The molecule has 1 aromatic heterocycles. The van der Waals surface area contributed by atoms with Crippen LogP contribution in [-0.4, -0.2) is 4.98 Å². The van der Waals surface area contributed by atoms with Crippen LogP contribution in [0.25, 0.3) is 0 Å². The van der Waals surface area contributed by atoms with E-state index in [1.54, 1.807) is 6.07 Å². The molecule has 0 unspecified atom stereocenters. The van der Waals surface area contributed by atoms with Crippen molar-refractivity contribution in [2.75, 3.05) is 5.73 Å². The van der Waals surface area contributed by atoms with Crippen molar-refractivity contribution in [1.29, 1.82) is 0 Å². The first kappa shape index (κ1) is 13.5. The van der Waals surface area contributed by atoms with Gasteiger partial charge in [-0.05, 0) is 18.2 Å². The Hall–Kier alpha value is -1.95. The molecule has 1 aromatic carbocycles. The van der Waals surface area contributed by atoms with Crippen LogP contribution >= 0.6 is 11.6 Å². The zero-order chi connectivity index (χ0) is 14.0. The Morgan fingerprint density at radius 1 is 1.16 bits per heavy atom. The van der Waals surface area contributed by atoms with Gasteiger partial charge in [0.05, 0.1) is 10.6 Å². The fraction of sp³-hybridized carbons (Fsp3) is 0.0833. The zero-order valence-corrected chi connectivity index (χ0v) is 10.2. The Balaban J connectivity index is 2.31. The molecule has 7 heteroatoms. The summed E-state index contributed by atoms with van der Waals surface area (Å²) in [5.74, 6) is -0.0594. The summed E-state index contributed by atoms with van der Waals surface area (Å²) < 4.78 is 42.8. The Morgan fingerprint density at radius 3 is 2.58 bits per heavy atom. The molecule has 0 amide bonds. The second-order valence-electron chi connectivity index (χ2n) is 3.67. The average molecular weight is 289 g/mol. The number of hydrogen-bond donors (Lipinski definition) is 1. The number of rotatable bonds is 2. The third-order valence-electron chi connectivity index (χ3n) is 2.23. The van der Waals surface area contributed by atoms with Crippen LogP contribution in [0.3, 0.4) is 0 Å². The maximum absolute atomic E-state index is 12.5. The van der Waals surface area contributed by atoms with Crippen LogP contribution < -0.4 is 10.5 Å². The molecule has 0 aliphatic carbocycles. The average Bonchev–Trinajstić information content (AvgIpc) is 2.33. The normalized spacial score (nSPS) is 11.4. The van der Waals surface area contributed by atoms with Crippen LogP contribution in [0, 0.1) is 0 Å². The number of halogens is 4. The van der Waals surface area contributed by atoms with Gasteiger partial charge in [0.15, 0.2) is 0 Å². The molecule has 0 bridgehead atoms. The van der Waals surface area contributed by atoms with E-state index in [9.17, 15) is 13.2 Å². The number of hydrogen-bond acceptors (Lipinski definition) is 3. The van der Waals surface area contributed by atoms with Gasteiger partial charge in [-0.25, -0.2) is 4.98 Å². The first-order valence-electron chi connectivity index (χ1n) is 5.12. The van der Waals surface area contributed by atoms with E-state index in [-0.39, 0.29) is 16.7 Å². The van der Waals surface area contributed by atoms with E-state index in [0.717, 1.165) is 18.3 Å². The Bertz CT molecular complexity index is 602. The Morgan fingerprint density at radius 2 is 1.89 bits per heavy atom. The molecule has 19 heavy (non-hydrogen) atoms. The molecule has 1 heterocycles. The van der Waals surface area contributed by atoms with Gasteiger partial charge >= 0.3 is 6.18 Å². The van der Waals surface area contributed by atoms with Gasteiger partial charge in [0.1, 0.15) is 5.75 Å². The predicted octanol–water partition coefficient (Wildman–Crippen LogP) is 4.13. The number of pyridine rings is 1.